The van der Waals surface area contributed by atoms with Crippen LogP contribution >= 0.6 is 0 Å². The van der Waals surface area contributed by atoms with E-state index in [0.29, 0.717) is 68.2 Å². The van der Waals surface area contributed by atoms with Gasteiger partial charge in [0.25, 0.3) is 0 Å². The van der Waals surface area contributed by atoms with Gasteiger partial charge in [0.15, 0.2) is 0 Å². The maximum absolute atomic E-state index is 15.2. The summed E-state index contributed by atoms with van der Waals surface area (Å²) in [7, 11) is 0. The minimum atomic E-state index is -1.51. The summed E-state index contributed by atoms with van der Waals surface area (Å²) in [5, 5.41) is 0. The molecule has 0 fully saturated rings. The Morgan fingerprint density at radius 3 is 0.480 bits per heavy atom. The fourth-order valence-electron chi connectivity index (χ4n) is 14.9. The Morgan fingerprint density at radius 1 is 0.163 bits per heavy atom. The fraction of sp³-hybridized carbons (Fsp3) is 0.0233. The van der Waals surface area contributed by atoms with E-state index in [1.807, 2.05) is 80.3 Å². The molecule has 474 valence electrons. The molecule has 0 saturated carbocycles. The zero-order valence-electron chi connectivity index (χ0n) is 52.0. The van der Waals surface area contributed by atoms with Crippen LogP contribution in [0.2, 0.25) is 0 Å². The van der Waals surface area contributed by atoms with E-state index in [0.717, 1.165) is 55.6 Å². The Kier molecular flexibility index (Phi) is 15.2. The lowest BCUT2D eigenvalue weighted by Crippen LogP contribution is -2.50. The fourth-order valence-corrected chi connectivity index (χ4v) is 14.9. The van der Waals surface area contributed by atoms with Gasteiger partial charge in [0, 0.05) is 68.2 Å². The van der Waals surface area contributed by atoms with Gasteiger partial charge in [0.2, 0.25) is 0 Å². The molecule has 14 aromatic carbocycles. The lowest BCUT2D eigenvalue weighted by atomic mass is 9.49. The second-order valence-corrected chi connectivity index (χ2v) is 24.3. The third kappa shape index (κ3) is 10.2. The Balaban J connectivity index is 1.10. The molecule has 4 nitrogen and oxygen atoms in total. The van der Waals surface area contributed by atoms with Gasteiger partial charge in [0.05, 0.1) is 10.8 Å². The van der Waals surface area contributed by atoms with Crippen LogP contribution in [0, 0.1) is 46.5 Å². The molecule has 0 N–H and O–H groups in total. The van der Waals surface area contributed by atoms with Gasteiger partial charge in [-0.2, -0.15) is 0 Å². The molecule has 2 aliphatic carbocycles. The normalized spacial score (nSPS) is 12.9. The van der Waals surface area contributed by atoms with Crippen LogP contribution in [0.5, 0.6) is 0 Å². The number of rotatable bonds is 15. The molecular formula is C86H54F8N4. The maximum atomic E-state index is 15.2. The number of hydrogen-bond acceptors (Lipinski definition) is 4. The van der Waals surface area contributed by atoms with Crippen molar-refractivity contribution in [2.24, 2.45) is 0 Å². The summed E-state index contributed by atoms with van der Waals surface area (Å²) in [6.07, 6.45) is 0. The Bertz CT molecular complexity index is 4470. The topological polar surface area (TPSA) is 13.0 Å². The lowest BCUT2D eigenvalue weighted by Gasteiger charge is -2.51. The Labute approximate surface area is 560 Å². The average Bonchev–Trinajstić information content (AvgIpc) is 1.48. The van der Waals surface area contributed by atoms with Gasteiger partial charge in [-0.05, 0) is 298 Å². The number of benzene rings is 14. The summed E-state index contributed by atoms with van der Waals surface area (Å²) in [6, 6.07) is 94.4. The molecule has 12 heteroatoms. The van der Waals surface area contributed by atoms with Crippen LogP contribution in [-0.2, 0) is 10.8 Å². The first kappa shape index (κ1) is 60.6. The summed E-state index contributed by atoms with van der Waals surface area (Å²) in [6.45, 7) is 0. The first-order valence-corrected chi connectivity index (χ1v) is 31.8. The number of anilines is 12. The highest BCUT2D eigenvalue weighted by Gasteiger charge is 2.65. The molecule has 98 heavy (non-hydrogen) atoms. The second-order valence-electron chi connectivity index (χ2n) is 24.3. The third-order valence-electron chi connectivity index (χ3n) is 18.9. The SMILES string of the molecule is Fc1ccc(N(c2ccc(F)cc2)c2ccc3c(c2)C(c2ccccc2)(C2(c4ccccc4)c4cc(N(c5ccc(F)cc5)c5ccc(F)cc5)ccc4-c4ccc(N(c5ccc(F)cc5)c5ccc(F)cc5)cc42)c2cc(N(c4ccc(F)cc4)c4ccc(F)cc4)ccc2-3)cc1. The van der Waals surface area contributed by atoms with Crippen molar-refractivity contribution in [2.75, 3.05) is 19.6 Å². The van der Waals surface area contributed by atoms with E-state index >= 15 is 35.1 Å². The summed E-state index contributed by atoms with van der Waals surface area (Å²) >= 11 is 0. The molecule has 0 atom stereocenters. The molecule has 0 saturated heterocycles. The van der Waals surface area contributed by atoms with Crippen LogP contribution in [0.25, 0.3) is 22.3 Å². The molecule has 2 aliphatic rings. The van der Waals surface area contributed by atoms with E-state index in [1.54, 1.807) is 97.1 Å². The first-order chi connectivity index (χ1) is 47.8. The third-order valence-corrected chi connectivity index (χ3v) is 18.9. The van der Waals surface area contributed by atoms with Gasteiger partial charge in [-0.15, -0.1) is 0 Å². The van der Waals surface area contributed by atoms with Crippen LogP contribution in [0.3, 0.4) is 0 Å². The van der Waals surface area contributed by atoms with Crippen molar-refractivity contribution in [3.05, 3.63) is 408 Å². The number of hydrogen-bond donors (Lipinski definition) is 0. The van der Waals surface area contributed by atoms with Crippen molar-refractivity contribution in [1.29, 1.82) is 0 Å². The first-order valence-electron chi connectivity index (χ1n) is 31.8. The molecule has 0 unspecified atom stereocenters. The van der Waals surface area contributed by atoms with Gasteiger partial charge in [-0.25, -0.2) is 35.1 Å². The molecule has 0 bridgehead atoms. The summed E-state index contributed by atoms with van der Waals surface area (Å²) in [4.78, 5) is 7.84. The Morgan fingerprint density at radius 2 is 0.316 bits per heavy atom. The summed E-state index contributed by atoms with van der Waals surface area (Å²) in [5.41, 5.74) is 12.1. The van der Waals surface area contributed by atoms with Crippen molar-refractivity contribution >= 4 is 68.2 Å². The van der Waals surface area contributed by atoms with E-state index in [1.165, 1.54) is 97.1 Å². The van der Waals surface area contributed by atoms with E-state index in [4.69, 9.17) is 0 Å². The van der Waals surface area contributed by atoms with Crippen molar-refractivity contribution in [3.63, 3.8) is 0 Å². The van der Waals surface area contributed by atoms with E-state index < -0.39 is 57.4 Å². The highest BCUT2D eigenvalue weighted by molar-refractivity contribution is 5.98. The smallest absolute Gasteiger partial charge is 0.123 e. The van der Waals surface area contributed by atoms with Crippen molar-refractivity contribution in [3.8, 4) is 22.3 Å². The molecular weight excluding hydrogens is 1240 g/mol. The minimum absolute atomic E-state index is 0.455. The molecule has 14 aromatic rings. The maximum Gasteiger partial charge on any atom is 0.123 e. The van der Waals surface area contributed by atoms with Crippen LogP contribution in [0.4, 0.5) is 103 Å². The zero-order valence-corrected chi connectivity index (χ0v) is 52.0. The zero-order chi connectivity index (χ0) is 66.8. The van der Waals surface area contributed by atoms with Gasteiger partial charge in [-0.1, -0.05) is 84.9 Å². The average molecular weight is 1300 g/mol. The van der Waals surface area contributed by atoms with Gasteiger partial charge >= 0.3 is 0 Å². The second kappa shape index (κ2) is 24.5. The monoisotopic (exact) mass is 1290 g/mol. The molecule has 0 aromatic heterocycles. The van der Waals surface area contributed by atoms with E-state index in [-0.39, 0.29) is 0 Å². The van der Waals surface area contributed by atoms with Gasteiger partial charge in [0.1, 0.15) is 46.5 Å². The highest BCUT2D eigenvalue weighted by atomic mass is 19.2. The molecule has 0 aliphatic heterocycles. The van der Waals surface area contributed by atoms with Gasteiger partial charge in [-0.3, -0.25) is 0 Å². The standard InChI is InChI=1S/C86H54F8N4/c87-57-11-27-65(28-12-57)95(66-29-13-58(88)14-30-66)73-43-47-77-78-48-44-74(96(67-31-15-59(89)16-32-67)68-33-17-60(90)18-34-68)52-82(78)85(81(77)51-73,55-7-3-1-4-8-55)86(56-9-5-2-6-10-56)83-53-75(97(69-35-19-61(91)20-36-69)70-37-21-62(92)22-38-70)45-49-79(83)80-50-46-76(54-84(80)86)98(71-39-23-63(93)24-40-71)72-41-25-64(94)26-42-72/h1-54H. The molecule has 0 amide bonds. The van der Waals surface area contributed by atoms with Crippen molar-refractivity contribution < 1.29 is 35.1 Å². The Hall–Kier alpha value is -12.3. The largest absolute Gasteiger partial charge is 0.310 e. The van der Waals surface area contributed by atoms with Crippen molar-refractivity contribution in [1.82, 2.24) is 0 Å². The summed E-state index contributed by atoms with van der Waals surface area (Å²) < 4.78 is 122. The summed E-state index contributed by atoms with van der Waals surface area (Å²) in [5.74, 6) is -3.64. The van der Waals surface area contributed by atoms with Crippen molar-refractivity contribution in [2.45, 2.75) is 10.8 Å². The predicted molar refractivity (Wildman–Crippen MR) is 375 cm³/mol. The van der Waals surface area contributed by atoms with Crippen LogP contribution in [0.1, 0.15) is 33.4 Å². The number of fused-ring (bicyclic) bond motifs is 6. The molecule has 0 radical (unpaired) electrons. The number of halogens is 8. The quantitative estimate of drug-likeness (QED) is 0.0949. The molecule has 16 rings (SSSR count). The predicted octanol–water partition coefficient (Wildman–Crippen LogP) is 24.0. The minimum Gasteiger partial charge on any atom is -0.310 e. The lowest BCUT2D eigenvalue weighted by molar-refractivity contribution is 0.437. The van der Waals surface area contributed by atoms with Crippen LogP contribution in [-0.4, -0.2) is 0 Å². The molecule has 0 spiro atoms. The van der Waals surface area contributed by atoms with Crippen LogP contribution < -0.4 is 19.6 Å². The molecule has 0 heterocycles. The highest BCUT2D eigenvalue weighted by Crippen LogP contribution is 2.71. The van der Waals surface area contributed by atoms with Gasteiger partial charge < -0.3 is 19.6 Å². The van der Waals surface area contributed by atoms with E-state index in [2.05, 4.69) is 72.8 Å². The van der Waals surface area contributed by atoms with Crippen LogP contribution in [0.15, 0.2) is 328 Å². The number of nitrogens with zero attached hydrogens (tertiary/aromatic N) is 4. The van der Waals surface area contributed by atoms with E-state index in [9.17, 15) is 0 Å².